The number of sulfonamides is 1. The van der Waals surface area contributed by atoms with Crippen LogP contribution >= 0.6 is 11.6 Å². The minimum atomic E-state index is -4.00. The molecule has 8 heteroatoms. The van der Waals surface area contributed by atoms with Crippen LogP contribution in [0.15, 0.2) is 71.6 Å². The maximum Gasteiger partial charge on any atom is 0.264 e. The number of halogens is 1. The molecule has 36 heavy (non-hydrogen) atoms. The number of amides is 1. The standard InChI is InChI=1S/C28H33ClN2O4S/c1-4-19-35-27-13-6-5-9-23(27)10-8-18-30-28(32)20-31(26-12-7-11-25(29)22(26)3)36(33,34)24-16-14-21(2)15-17-24/h5-7,9,11-17H,4,8,10,18-20H2,1-3H3,(H,30,32). The molecule has 0 atom stereocenters. The zero-order valence-electron chi connectivity index (χ0n) is 21.0. The van der Waals surface area contributed by atoms with Crippen LogP contribution in [0.5, 0.6) is 5.75 Å². The van der Waals surface area contributed by atoms with Crippen molar-refractivity contribution in [1.82, 2.24) is 5.32 Å². The number of aryl methyl sites for hydroxylation is 2. The first-order chi connectivity index (χ1) is 17.2. The van der Waals surface area contributed by atoms with Crippen LogP contribution in [-0.4, -0.2) is 34.0 Å². The fraction of sp³-hybridized carbons (Fsp3) is 0.321. The summed E-state index contributed by atoms with van der Waals surface area (Å²) in [7, 11) is -4.00. The Morgan fingerprint density at radius 3 is 2.44 bits per heavy atom. The number of nitrogens with zero attached hydrogens (tertiary/aromatic N) is 1. The van der Waals surface area contributed by atoms with Gasteiger partial charge < -0.3 is 10.1 Å². The number of rotatable bonds is 12. The highest BCUT2D eigenvalue weighted by Gasteiger charge is 2.28. The zero-order chi connectivity index (χ0) is 26.1. The van der Waals surface area contributed by atoms with Gasteiger partial charge in [0.15, 0.2) is 0 Å². The van der Waals surface area contributed by atoms with E-state index < -0.39 is 10.0 Å². The first-order valence-electron chi connectivity index (χ1n) is 12.1. The Hall–Kier alpha value is -3.03. The highest BCUT2D eigenvalue weighted by molar-refractivity contribution is 7.92. The predicted octanol–water partition coefficient (Wildman–Crippen LogP) is 5.69. The van der Waals surface area contributed by atoms with E-state index in [9.17, 15) is 13.2 Å². The van der Waals surface area contributed by atoms with E-state index >= 15 is 0 Å². The Balaban J connectivity index is 1.72. The SMILES string of the molecule is CCCOc1ccccc1CCCNC(=O)CN(c1cccc(Cl)c1C)S(=O)(=O)c1ccc(C)cc1. The maximum atomic E-state index is 13.6. The molecule has 0 unspecified atom stereocenters. The fourth-order valence-electron chi connectivity index (χ4n) is 3.76. The minimum absolute atomic E-state index is 0.115. The Bertz CT molecular complexity index is 1280. The first-order valence-corrected chi connectivity index (χ1v) is 13.9. The van der Waals surface area contributed by atoms with Crippen LogP contribution < -0.4 is 14.4 Å². The lowest BCUT2D eigenvalue weighted by Crippen LogP contribution is -2.41. The van der Waals surface area contributed by atoms with E-state index in [0.29, 0.717) is 35.8 Å². The molecule has 0 saturated carbocycles. The van der Waals surface area contributed by atoms with Crippen molar-refractivity contribution in [2.75, 3.05) is 24.0 Å². The molecule has 6 nitrogen and oxygen atoms in total. The van der Waals surface area contributed by atoms with Crippen LogP contribution in [0.2, 0.25) is 5.02 Å². The van der Waals surface area contributed by atoms with Crippen molar-refractivity contribution in [3.05, 3.63) is 88.4 Å². The molecule has 0 radical (unpaired) electrons. The van der Waals surface area contributed by atoms with E-state index in [4.69, 9.17) is 16.3 Å². The van der Waals surface area contributed by atoms with Gasteiger partial charge in [0, 0.05) is 11.6 Å². The molecule has 1 amide bonds. The summed E-state index contributed by atoms with van der Waals surface area (Å²) in [6.45, 7) is 6.40. The van der Waals surface area contributed by atoms with Gasteiger partial charge in [0.05, 0.1) is 17.2 Å². The zero-order valence-corrected chi connectivity index (χ0v) is 22.5. The lowest BCUT2D eigenvalue weighted by Gasteiger charge is -2.26. The van der Waals surface area contributed by atoms with Gasteiger partial charge in [-0.05, 0) is 74.6 Å². The van der Waals surface area contributed by atoms with Crippen molar-refractivity contribution < 1.29 is 17.9 Å². The number of hydrogen-bond acceptors (Lipinski definition) is 4. The Labute approximate surface area is 219 Å². The molecular weight excluding hydrogens is 496 g/mol. The number of benzene rings is 3. The molecule has 192 valence electrons. The van der Waals surface area contributed by atoms with Gasteiger partial charge in [-0.3, -0.25) is 9.10 Å². The van der Waals surface area contributed by atoms with Gasteiger partial charge in [-0.25, -0.2) is 8.42 Å². The fourth-order valence-corrected chi connectivity index (χ4v) is 5.41. The molecule has 1 N–H and O–H groups in total. The molecule has 0 bridgehead atoms. The molecule has 0 aliphatic rings. The summed E-state index contributed by atoms with van der Waals surface area (Å²) < 4.78 is 34.1. The average molecular weight is 529 g/mol. The average Bonchev–Trinajstić information content (AvgIpc) is 2.86. The van der Waals surface area contributed by atoms with E-state index in [0.717, 1.165) is 34.0 Å². The summed E-state index contributed by atoms with van der Waals surface area (Å²) in [5.74, 6) is 0.470. The molecule has 0 aliphatic carbocycles. The molecule has 3 rings (SSSR count). The summed E-state index contributed by atoms with van der Waals surface area (Å²) in [5.41, 5.74) is 2.99. The Morgan fingerprint density at radius 2 is 1.72 bits per heavy atom. The van der Waals surface area contributed by atoms with Crippen molar-refractivity contribution in [1.29, 1.82) is 0 Å². The quantitative estimate of drug-likeness (QED) is 0.306. The van der Waals surface area contributed by atoms with Crippen LogP contribution in [-0.2, 0) is 21.2 Å². The van der Waals surface area contributed by atoms with Crippen molar-refractivity contribution in [2.24, 2.45) is 0 Å². The number of hydrogen-bond donors (Lipinski definition) is 1. The van der Waals surface area contributed by atoms with Gasteiger partial charge in [-0.2, -0.15) is 0 Å². The summed E-state index contributed by atoms with van der Waals surface area (Å²) in [6, 6.07) is 19.5. The third-order valence-corrected chi connectivity index (χ3v) is 7.97. The number of anilines is 1. The van der Waals surface area contributed by atoms with Gasteiger partial charge in [-0.15, -0.1) is 0 Å². The predicted molar refractivity (Wildman–Crippen MR) is 145 cm³/mol. The molecule has 0 spiro atoms. The minimum Gasteiger partial charge on any atom is -0.493 e. The second-order valence-electron chi connectivity index (χ2n) is 8.62. The van der Waals surface area contributed by atoms with E-state index in [1.807, 2.05) is 31.2 Å². The normalized spacial score (nSPS) is 11.2. The monoisotopic (exact) mass is 528 g/mol. The maximum absolute atomic E-state index is 13.6. The van der Waals surface area contributed by atoms with Crippen molar-refractivity contribution in [2.45, 2.75) is 44.9 Å². The molecule has 0 aliphatic heterocycles. The number of nitrogens with one attached hydrogen (secondary N) is 1. The van der Waals surface area contributed by atoms with Gasteiger partial charge in [0.1, 0.15) is 12.3 Å². The van der Waals surface area contributed by atoms with Crippen LogP contribution in [0.4, 0.5) is 5.69 Å². The second kappa shape index (κ2) is 12.8. The number of para-hydroxylation sites is 1. The third-order valence-electron chi connectivity index (χ3n) is 5.78. The highest BCUT2D eigenvalue weighted by Crippen LogP contribution is 2.31. The lowest BCUT2D eigenvalue weighted by molar-refractivity contribution is -0.119. The van der Waals surface area contributed by atoms with Crippen LogP contribution in [0.1, 0.15) is 36.5 Å². The number of carbonyl (C=O) groups excluding carboxylic acids is 1. The molecule has 3 aromatic rings. The van der Waals surface area contributed by atoms with E-state index in [1.165, 1.54) is 0 Å². The number of carbonyl (C=O) groups is 1. The molecule has 0 heterocycles. The van der Waals surface area contributed by atoms with Crippen LogP contribution in [0, 0.1) is 13.8 Å². The Morgan fingerprint density at radius 1 is 1.00 bits per heavy atom. The van der Waals surface area contributed by atoms with Crippen molar-refractivity contribution in [3.63, 3.8) is 0 Å². The molecular formula is C28H33ClN2O4S. The van der Waals surface area contributed by atoms with Gasteiger partial charge in [0.2, 0.25) is 5.91 Å². The van der Waals surface area contributed by atoms with E-state index in [-0.39, 0.29) is 17.3 Å². The smallest absolute Gasteiger partial charge is 0.264 e. The molecule has 0 aromatic heterocycles. The van der Waals surface area contributed by atoms with Crippen LogP contribution in [0.3, 0.4) is 0 Å². The number of ether oxygens (including phenoxy) is 1. The third kappa shape index (κ3) is 7.02. The topological polar surface area (TPSA) is 75.7 Å². The molecule has 0 saturated heterocycles. The van der Waals surface area contributed by atoms with Crippen molar-refractivity contribution >= 4 is 33.2 Å². The first kappa shape index (κ1) is 27.6. The van der Waals surface area contributed by atoms with Gasteiger partial charge >= 0.3 is 0 Å². The Kier molecular flexibility index (Phi) is 9.79. The van der Waals surface area contributed by atoms with Crippen LogP contribution in [0.25, 0.3) is 0 Å². The van der Waals surface area contributed by atoms with Crippen molar-refractivity contribution in [3.8, 4) is 5.75 Å². The largest absolute Gasteiger partial charge is 0.493 e. The second-order valence-corrected chi connectivity index (χ2v) is 10.9. The highest BCUT2D eigenvalue weighted by atomic mass is 35.5. The van der Waals surface area contributed by atoms with E-state index in [2.05, 4.69) is 12.2 Å². The summed E-state index contributed by atoms with van der Waals surface area (Å²) in [5, 5.41) is 3.30. The summed E-state index contributed by atoms with van der Waals surface area (Å²) >= 11 is 6.28. The summed E-state index contributed by atoms with van der Waals surface area (Å²) in [6.07, 6.45) is 2.36. The molecule has 3 aromatic carbocycles. The lowest BCUT2D eigenvalue weighted by atomic mass is 10.1. The molecule has 0 fully saturated rings. The van der Waals surface area contributed by atoms with E-state index in [1.54, 1.807) is 49.4 Å². The van der Waals surface area contributed by atoms with Gasteiger partial charge in [0.25, 0.3) is 10.0 Å². The van der Waals surface area contributed by atoms with Gasteiger partial charge in [-0.1, -0.05) is 60.5 Å². The summed E-state index contributed by atoms with van der Waals surface area (Å²) in [4.78, 5) is 13.0.